The molecule has 1 aliphatic rings. The quantitative estimate of drug-likeness (QED) is 0.899. The van der Waals surface area contributed by atoms with Gasteiger partial charge in [0.05, 0.1) is 5.69 Å². The molecule has 2 aromatic rings. The lowest BCUT2D eigenvalue weighted by Gasteiger charge is -2.27. The molecule has 4 heteroatoms. The number of halogens is 1. The first kappa shape index (κ1) is 12.7. The number of aryl methyl sites for hydroxylation is 1. The Balaban J connectivity index is 1.71. The molecule has 3 nitrogen and oxygen atoms in total. The molecule has 2 N–H and O–H groups in total. The topological polar surface area (TPSA) is 41.1 Å². The van der Waals surface area contributed by atoms with E-state index < -0.39 is 5.82 Å². The molecule has 0 saturated heterocycles. The van der Waals surface area contributed by atoms with E-state index in [0.29, 0.717) is 12.1 Å². The molecule has 20 heavy (non-hydrogen) atoms. The number of carbonyl (C=O) groups excluding carboxylic acids is 1. The minimum absolute atomic E-state index is 0.182. The molecule has 0 radical (unpaired) electrons. The van der Waals surface area contributed by atoms with Gasteiger partial charge in [0.15, 0.2) is 0 Å². The molecule has 3 rings (SSSR count). The molecular formula is C16H15FN2O. The number of amides is 1. The van der Waals surface area contributed by atoms with Crippen molar-refractivity contribution in [3.05, 3.63) is 59.9 Å². The number of para-hydroxylation sites is 1. The fourth-order valence-electron chi connectivity index (χ4n) is 2.39. The summed E-state index contributed by atoms with van der Waals surface area (Å²) in [5, 5.41) is 5.74. The van der Waals surface area contributed by atoms with Crippen molar-refractivity contribution in [1.29, 1.82) is 0 Å². The van der Waals surface area contributed by atoms with Gasteiger partial charge in [-0.3, -0.25) is 4.79 Å². The average Bonchev–Trinajstić information content (AvgIpc) is 2.47. The molecule has 1 aliphatic heterocycles. The van der Waals surface area contributed by atoms with Crippen molar-refractivity contribution in [2.45, 2.75) is 18.9 Å². The van der Waals surface area contributed by atoms with Crippen molar-refractivity contribution in [2.75, 3.05) is 10.6 Å². The number of anilines is 2. The van der Waals surface area contributed by atoms with Gasteiger partial charge in [-0.1, -0.05) is 36.4 Å². The van der Waals surface area contributed by atoms with Crippen LogP contribution < -0.4 is 10.6 Å². The predicted octanol–water partition coefficient (Wildman–Crippen LogP) is 3.19. The Bertz CT molecular complexity index is 628. The number of carbonyl (C=O) groups is 1. The Morgan fingerprint density at radius 2 is 1.85 bits per heavy atom. The maximum absolute atomic E-state index is 13.6. The SMILES string of the molecule is O=C1Nc2c(F)cccc2NC1CCc1ccccc1. The molecule has 1 heterocycles. The smallest absolute Gasteiger partial charge is 0.247 e. The zero-order valence-corrected chi connectivity index (χ0v) is 10.9. The van der Waals surface area contributed by atoms with E-state index in [-0.39, 0.29) is 17.6 Å². The summed E-state index contributed by atoms with van der Waals surface area (Å²) in [5.74, 6) is -0.594. The molecule has 0 bridgehead atoms. The van der Waals surface area contributed by atoms with E-state index in [1.54, 1.807) is 12.1 Å². The van der Waals surface area contributed by atoms with Crippen LogP contribution in [0.1, 0.15) is 12.0 Å². The average molecular weight is 270 g/mol. The monoisotopic (exact) mass is 270 g/mol. The van der Waals surface area contributed by atoms with E-state index in [9.17, 15) is 9.18 Å². The number of fused-ring (bicyclic) bond motifs is 1. The fourth-order valence-corrected chi connectivity index (χ4v) is 2.39. The van der Waals surface area contributed by atoms with Gasteiger partial charge in [0.2, 0.25) is 5.91 Å². The molecular weight excluding hydrogens is 255 g/mol. The molecule has 1 amide bonds. The van der Waals surface area contributed by atoms with Crippen LogP contribution in [0, 0.1) is 5.82 Å². The summed E-state index contributed by atoms with van der Waals surface area (Å²) in [5.41, 5.74) is 2.07. The number of hydrogen-bond acceptors (Lipinski definition) is 2. The van der Waals surface area contributed by atoms with E-state index in [1.165, 1.54) is 11.6 Å². The van der Waals surface area contributed by atoms with E-state index in [1.807, 2.05) is 30.3 Å². The lowest BCUT2D eigenvalue weighted by atomic mass is 10.0. The van der Waals surface area contributed by atoms with Crippen LogP contribution >= 0.6 is 0 Å². The maximum Gasteiger partial charge on any atom is 0.247 e. The van der Waals surface area contributed by atoms with Gasteiger partial charge in [0.25, 0.3) is 0 Å². The Kier molecular flexibility index (Phi) is 3.37. The van der Waals surface area contributed by atoms with Crippen LogP contribution in [0.3, 0.4) is 0 Å². The second-order valence-electron chi connectivity index (χ2n) is 4.87. The summed E-state index contributed by atoms with van der Waals surface area (Å²) in [6.45, 7) is 0. The van der Waals surface area contributed by atoms with Crippen LogP contribution in [0.4, 0.5) is 15.8 Å². The van der Waals surface area contributed by atoms with Crippen LogP contribution in [0.25, 0.3) is 0 Å². The molecule has 0 fully saturated rings. The number of benzene rings is 2. The van der Waals surface area contributed by atoms with Gasteiger partial charge in [-0.05, 0) is 30.5 Å². The molecule has 2 aromatic carbocycles. The summed E-state index contributed by atoms with van der Waals surface area (Å²) in [6.07, 6.45) is 1.47. The van der Waals surface area contributed by atoms with Crippen LogP contribution in [0.5, 0.6) is 0 Å². The van der Waals surface area contributed by atoms with Crippen LogP contribution in [-0.4, -0.2) is 11.9 Å². The standard InChI is InChI=1S/C16H15FN2O/c17-12-7-4-8-13-15(12)19-16(20)14(18-13)10-9-11-5-2-1-3-6-11/h1-8,14,18H,9-10H2,(H,19,20). The summed E-state index contributed by atoms with van der Waals surface area (Å²) in [4.78, 5) is 12.0. The Morgan fingerprint density at radius 3 is 2.65 bits per heavy atom. The minimum atomic E-state index is -0.412. The van der Waals surface area contributed by atoms with E-state index in [0.717, 1.165) is 6.42 Å². The highest BCUT2D eigenvalue weighted by atomic mass is 19.1. The Labute approximate surface area is 116 Å². The summed E-state index contributed by atoms with van der Waals surface area (Å²) < 4.78 is 13.6. The van der Waals surface area contributed by atoms with E-state index >= 15 is 0 Å². The summed E-state index contributed by atoms with van der Waals surface area (Å²) in [7, 11) is 0. The van der Waals surface area contributed by atoms with Crippen molar-refractivity contribution in [1.82, 2.24) is 0 Å². The second kappa shape index (κ2) is 5.33. The summed E-state index contributed by atoms with van der Waals surface area (Å²) in [6, 6.07) is 14.4. The molecule has 0 spiro atoms. The van der Waals surface area contributed by atoms with Crippen molar-refractivity contribution in [2.24, 2.45) is 0 Å². The third-order valence-corrected chi connectivity index (χ3v) is 3.47. The van der Waals surface area contributed by atoms with Gasteiger partial charge in [-0.15, -0.1) is 0 Å². The predicted molar refractivity (Wildman–Crippen MR) is 77.2 cm³/mol. The summed E-state index contributed by atoms with van der Waals surface area (Å²) >= 11 is 0. The van der Waals surface area contributed by atoms with Crippen molar-refractivity contribution < 1.29 is 9.18 Å². The van der Waals surface area contributed by atoms with Gasteiger partial charge in [0.1, 0.15) is 17.5 Å². The first-order valence-corrected chi connectivity index (χ1v) is 6.64. The second-order valence-corrected chi connectivity index (χ2v) is 4.87. The number of nitrogens with one attached hydrogen (secondary N) is 2. The Hall–Kier alpha value is -2.36. The Morgan fingerprint density at radius 1 is 1.05 bits per heavy atom. The van der Waals surface area contributed by atoms with Gasteiger partial charge in [-0.2, -0.15) is 0 Å². The van der Waals surface area contributed by atoms with Crippen LogP contribution in [0.2, 0.25) is 0 Å². The zero-order chi connectivity index (χ0) is 13.9. The third kappa shape index (κ3) is 2.50. The highest BCUT2D eigenvalue weighted by Crippen LogP contribution is 2.30. The van der Waals surface area contributed by atoms with Crippen molar-refractivity contribution >= 4 is 17.3 Å². The molecule has 0 aliphatic carbocycles. The molecule has 0 aromatic heterocycles. The lowest BCUT2D eigenvalue weighted by molar-refractivity contribution is -0.117. The fraction of sp³-hybridized carbons (Fsp3) is 0.188. The van der Waals surface area contributed by atoms with Gasteiger partial charge in [0, 0.05) is 0 Å². The van der Waals surface area contributed by atoms with E-state index in [2.05, 4.69) is 10.6 Å². The highest BCUT2D eigenvalue weighted by Gasteiger charge is 2.26. The number of rotatable bonds is 3. The van der Waals surface area contributed by atoms with Crippen molar-refractivity contribution in [3.8, 4) is 0 Å². The minimum Gasteiger partial charge on any atom is -0.372 e. The number of hydrogen-bond donors (Lipinski definition) is 2. The molecule has 0 saturated carbocycles. The van der Waals surface area contributed by atoms with Gasteiger partial charge >= 0.3 is 0 Å². The van der Waals surface area contributed by atoms with Crippen molar-refractivity contribution in [3.63, 3.8) is 0 Å². The largest absolute Gasteiger partial charge is 0.372 e. The van der Waals surface area contributed by atoms with E-state index in [4.69, 9.17) is 0 Å². The molecule has 102 valence electrons. The molecule has 1 atom stereocenters. The first-order chi connectivity index (χ1) is 9.74. The first-order valence-electron chi connectivity index (χ1n) is 6.64. The zero-order valence-electron chi connectivity index (χ0n) is 10.9. The van der Waals surface area contributed by atoms with Gasteiger partial charge in [-0.25, -0.2) is 4.39 Å². The lowest BCUT2D eigenvalue weighted by Crippen LogP contribution is -2.39. The van der Waals surface area contributed by atoms with Gasteiger partial charge < -0.3 is 10.6 Å². The maximum atomic E-state index is 13.6. The highest BCUT2D eigenvalue weighted by molar-refractivity contribution is 6.03. The van der Waals surface area contributed by atoms with Crippen LogP contribution in [-0.2, 0) is 11.2 Å². The van der Waals surface area contributed by atoms with Crippen LogP contribution in [0.15, 0.2) is 48.5 Å². The third-order valence-electron chi connectivity index (χ3n) is 3.47. The normalized spacial score (nSPS) is 17.1. The molecule has 1 unspecified atom stereocenters.